The minimum Gasteiger partial charge on any atom is -0.380 e. The highest BCUT2D eigenvalue weighted by atomic mass is 32.2. The minimum absolute atomic E-state index is 0.00789. The first-order valence-corrected chi connectivity index (χ1v) is 14.4. The number of carbonyl (C=O) groups excluding carboxylic acids is 1. The van der Waals surface area contributed by atoms with Gasteiger partial charge in [0.05, 0.1) is 9.73 Å². The van der Waals surface area contributed by atoms with Crippen LogP contribution in [0.3, 0.4) is 0 Å². The summed E-state index contributed by atoms with van der Waals surface area (Å²) in [7, 11) is -9.42. The fourth-order valence-corrected chi connectivity index (χ4v) is 7.68. The summed E-state index contributed by atoms with van der Waals surface area (Å²) in [5.74, 6) is -2.77. The molecule has 0 radical (unpaired) electrons. The van der Waals surface area contributed by atoms with Gasteiger partial charge in [0.15, 0.2) is 0 Å². The summed E-state index contributed by atoms with van der Waals surface area (Å²) >= 11 is 0. The average Bonchev–Trinajstić information content (AvgIpc) is 3.07. The maximum atomic E-state index is 12.9. The highest BCUT2D eigenvalue weighted by Gasteiger charge is 2.56. The third kappa shape index (κ3) is 4.54. The first-order chi connectivity index (χ1) is 16.4. The number of carbonyl (C=O) groups is 1. The number of benzene rings is 1. The monoisotopic (exact) mass is 559 g/mol. The van der Waals surface area contributed by atoms with Gasteiger partial charge in [-0.15, -0.1) is 4.36 Å². The lowest BCUT2D eigenvalue weighted by Gasteiger charge is -2.49. The Kier molecular flexibility index (Phi) is 6.34. The Morgan fingerprint density at radius 3 is 2.39 bits per heavy atom. The Morgan fingerprint density at radius 1 is 1.11 bits per heavy atom. The van der Waals surface area contributed by atoms with E-state index in [-0.39, 0.29) is 28.4 Å². The van der Waals surface area contributed by atoms with Crippen molar-refractivity contribution < 1.29 is 47.9 Å². The summed E-state index contributed by atoms with van der Waals surface area (Å²) in [4.78, 5) is 11.3. The number of fused-ring (bicyclic) bond motifs is 5. The molecule has 3 aliphatic rings. The van der Waals surface area contributed by atoms with Gasteiger partial charge in [0.1, 0.15) is 5.76 Å². The molecule has 36 heavy (non-hydrogen) atoms. The molecule has 4 rings (SSSR count). The summed E-state index contributed by atoms with van der Waals surface area (Å²) in [5.41, 5.74) is -4.75. The van der Waals surface area contributed by atoms with E-state index in [1.165, 1.54) is 18.2 Å². The second kappa shape index (κ2) is 8.47. The fraction of sp³-hybridized carbons (Fsp3) is 0.591. The van der Waals surface area contributed by atoms with Crippen LogP contribution in [-0.4, -0.2) is 36.5 Å². The van der Waals surface area contributed by atoms with Crippen molar-refractivity contribution in [3.05, 3.63) is 41.2 Å². The zero-order valence-corrected chi connectivity index (χ0v) is 20.8. The SMILES string of the molecule is C[C@]12CC[C@@H]3c4ccc(S(C)(=O)=NC(=O)C(F)(F)F)cc4CC[C@H]3[C@@H]1CC=C2OS(=O)(=O)C(F)(F)F. The lowest BCUT2D eigenvalue weighted by Crippen LogP contribution is -2.42. The van der Waals surface area contributed by atoms with Gasteiger partial charge in [0.2, 0.25) is 0 Å². The van der Waals surface area contributed by atoms with E-state index in [9.17, 15) is 43.8 Å². The molecule has 0 saturated heterocycles. The molecule has 0 spiro atoms. The van der Waals surface area contributed by atoms with Crippen LogP contribution in [0.4, 0.5) is 26.3 Å². The third-order valence-corrected chi connectivity index (χ3v) is 10.2. The van der Waals surface area contributed by atoms with Gasteiger partial charge in [0.25, 0.3) is 0 Å². The number of hydrogen-bond donors (Lipinski definition) is 0. The lowest BCUT2D eigenvalue weighted by atomic mass is 9.55. The van der Waals surface area contributed by atoms with Crippen LogP contribution in [0.15, 0.2) is 39.3 Å². The van der Waals surface area contributed by atoms with Gasteiger partial charge >= 0.3 is 27.7 Å². The van der Waals surface area contributed by atoms with Crippen LogP contribution < -0.4 is 0 Å². The molecule has 0 heterocycles. The summed E-state index contributed by atoms with van der Waals surface area (Å²) in [6, 6.07) is 4.56. The van der Waals surface area contributed by atoms with E-state index in [1.807, 2.05) is 0 Å². The number of amides is 1. The van der Waals surface area contributed by atoms with Crippen LogP contribution in [0.1, 0.15) is 49.7 Å². The van der Waals surface area contributed by atoms with Gasteiger partial charge in [-0.1, -0.05) is 13.0 Å². The van der Waals surface area contributed by atoms with Crippen molar-refractivity contribution in [2.45, 2.75) is 61.5 Å². The fourth-order valence-electron chi connectivity index (χ4n) is 5.88. The van der Waals surface area contributed by atoms with E-state index < -0.39 is 42.9 Å². The van der Waals surface area contributed by atoms with Crippen molar-refractivity contribution in [1.82, 2.24) is 0 Å². The van der Waals surface area contributed by atoms with Gasteiger partial charge in [0, 0.05) is 16.6 Å². The highest BCUT2D eigenvalue weighted by Crippen LogP contribution is 2.61. The smallest absolute Gasteiger partial charge is 0.380 e. The van der Waals surface area contributed by atoms with E-state index in [2.05, 4.69) is 8.55 Å². The molecule has 200 valence electrons. The largest absolute Gasteiger partial charge is 0.534 e. The topological polar surface area (TPSA) is 89.9 Å². The molecule has 1 aromatic carbocycles. The van der Waals surface area contributed by atoms with E-state index in [4.69, 9.17) is 0 Å². The molecular formula is C22H23F6NO5S2. The van der Waals surface area contributed by atoms with Crippen molar-refractivity contribution in [2.75, 3.05) is 6.26 Å². The lowest BCUT2D eigenvalue weighted by molar-refractivity contribution is -0.169. The number of rotatable bonds is 3. The molecule has 0 aliphatic heterocycles. The standard InChI is InChI=1S/C22H23F6NO5S2/c1-20-10-9-15-14-6-4-13(35(2,31)29-19(30)21(23,24)25)11-12(14)3-5-16(15)17(20)7-8-18(20)34-36(32,33)22(26,27)28/h4,6,8,11,15-17H,3,5,7,9-10H2,1-2H3/t15-,16-,17+,20+,35?/m1/s1. The molecular weight excluding hydrogens is 536 g/mol. The zero-order chi connectivity index (χ0) is 26.9. The molecule has 1 aromatic rings. The zero-order valence-electron chi connectivity index (χ0n) is 19.1. The van der Waals surface area contributed by atoms with Crippen LogP contribution >= 0.6 is 0 Å². The van der Waals surface area contributed by atoms with Gasteiger partial charge in [-0.2, -0.15) is 34.8 Å². The van der Waals surface area contributed by atoms with Crippen LogP contribution in [0, 0.1) is 17.3 Å². The maximum absolute atomic E-state index is 12.9. The Balaban J connectivity index is 1.59. The summed E-state index contributed by atoms with van der Waals surface area (Å²) in [6.07, 6.45) is -0.526. The van der Waals surface area contributed by atoms with Gasteiger partial charge in [-0.3, -0.25) is 4.79 Å². The van der Waals surface area contributed by atoms with Crippen LogP contribution in [0.25, 0.3) is 0 Å². The van der Waals surface area contributed by atoms with Gasteiger partial charge < -0.3 is 4.18 Å². The van der Waals surface area contributed by atoms with Gasteiger partial charge in [-0.05, 0) is 79.2 Å². The highest BCUT2D eigenvalue weighted by molar-refractivity contribution is 7.93. The Bertz CT molecular complexity index is 1360. The summed E-state index contributed by atoms with van der Waals surface area (Å²) in [6.45, 7) is 1.71. The predicted octanol–water partition coefficient (Wildman–Crippen LogP) is 5.45. The third-order valence-electron chi connectivity index (χ3n) is 7.63. The molecule has 1 fully saturated rings. The molecule has 0 N–H and O–H groups in total. The van der Waals surface area contributed by atoms with Crippen molar-refractivity contribution in [1.29, 1.82) is 0 Å². The first-order valence-electron chi connectivity index (χ1n) is 11.0. The molecule has 3 aliphatic carbocycles. The summed E-state index contributed by atoms with van der Waals surface area (Å²) in [5, 5.41) is 0. The Morgan fingerprint density at radius 2 is 1.78 bits per heavy atom. The Hall–Kier alpha value is -2.09. The Labute approximate surface area is 204 Å². The average molecular weight is 560 g/mol. The summed E-state index contributed by atoms with van der Waals surface area (Å²) < 4.78 is 120. The van der Waals surface area contributed by atoms with Crippen LogP contribution in [0.2, 0.25) is 0 Å². The van der Waals surface area contributed by atoms with Crippen molar-refractivity contribution >= 4 is 25.8 Å². The van der Waals surface area contributed by atoms with Crippen molar-refractivity contribution in [3.63, 3.8) is 0 Å². The number of allylic oxidation sites excluding steroid dienone is 2. The van der Waals surface area contributed by atoms with Crippen LogP contribution in [0.5, 0.6) is 0 Å². The molecule has 14 heteroatoms. The molecule has 1 unspecified atom stereocenters. The number of halogens is 6. The molecule has 1 saturated carbocycles. The molecule has 5 atom stereocenters. The van der Waals surface area contributed by atoms with E-state index in [1.54, 1.807) is 13.0 Å². The second-order valence-electron chi connectivity index (χ2n) is 9.72. The predicted molar refractivity (Wildman–Crippen MR) is 116 cm³/mol. The van der Waals surface area contributed by atoms with E-state index in [0.29, 0.717) is 32.1 Å². The number of alkyl halides is 6. The van der Waals surface area contributed by atoms with E-state index in [0.717, 1.165) is 17.4 Å². The second-order valence-corrected chi connectivity index (χ2v) is 13.5. The maximum Gasteiger partial charge on any atom is 0.534 e. The number of hydrogen-bond acceptors (Lipinski definition) is 5. The normalized spacial score (nSPS) is 29.8. The van der Waals surface area contributed by atoms with Gasteiger partial charge in [-0.25, -0.2) is 4.21 Å². The molecule has 1 amide bonds. The van der Waals surface area contributed by atoms with Crippen molar-refractivity contribution in [3.8, 4) is 0 Å². The number of nitrogens with zero attached hydrogens (tertiary/aromatic N) is 1. The van der Waals surface area contributed by atoms with Crippen molar-refractivity contribution in [2.24, 2.45) is 21.6 Å². The minimum atomic E-state index is -5.78. The molecule has 0 bridgehead atoms. The quantitative estimate of drug-likeness (QED) is 0.279. The van der Waals surface area contributed by atoms with Crippen LogP contribution in [-0.2, 0) is 35.2 Å². The number of aryl methyl sites for hydroxylation is 1. The molecule has 6 nitrogen and oxygen atoms in total. The molecule has 0 aromatic heterocycles. The van der Waals surface area contributed by atoms with E-state index >= 15 is 0 Å². The first kappa shape index (κ1) is 27.0.